The van der Waals surface area contributed by atoms with Crippen molar-refractivity contribution in [2.24, 2.45) is 11.8 Å². The minimum atomic E-state index is -2.00. The molecule has 10 heteroatoms. The molecule has 0 unspecified atom stereocenters. The Morgan fingerprint density at radius 2 is 1.65 bits per heavy atom. The molecule has 8 nitrogen and oxygen atoms in total. The molecule has 1 rings (SSSR count). The van der Waals surface area contributed by atoms with Gasteiger partial charge in [-0.3, -0.25) is 0 Å². The highest BCUT2D eigenvalue weighted by Crippen LogP contribution is 2.37. The van der Waals surface area contributed by atoms with E-state index >= 15 is 0 Å². The summed E-state index contributed by atoms with van der Waals surface area (Å²) in [6.07, 6.45) is 2.05. The quantitative estimate of drug-likeness (QED) is 0.131. The van der Waals surface area contributed by atoms with Crippen LogP contribution >= 0.6 is 0 Å². The van der Waals surface area contributed by atoms with Gasteiger partial charge in [0.05, 0.1) is 37.1 Å². The Morgan fingerprint density at radius 1 is 1.07 bits per heavy atom. The van der Waals surface area contributed by atoms with Gasteiger partial charge in [-0.05, 0) is 51.1 Å². The summed E-state index contributed by atoms with van der Waals surface area (Å²) in [7, 11) is -2.32. The van der Waals surface area contributed by atoms with Gasteiger partial charge in [0.2, 0.25) is 5.79 Å². The second kappa shape index (κ2) is 14.4. The second-order valence-corrected chi connectivity index (χ2v) is 23.6. The number of aliphatic hydroxyl groups is 2. The smallest absolute Gasteiger partial charge is 0.337 e. The topological polar surface area (TPSA) is 104 Å². The maximum absolute atomic E-state index is 12.1. The molecule has 234 valence electrons. The number of aliphatic hydroxyl groups excluding tert-OH is 2. The Labute approximate surface area is 245 Å². The van der Waals surface area contributed by atoms with Crippen LogP contribution in [0.3, 0.4) is 0 Å². The van der Waals surface area contributed by atoms with E-state index in [1.807, 2.05) is 26.8 Å². The molecule has 0 fully saturated rings. The van der Waals surface area contributed by atoms with Crippen molar-refractivity contribution < 1.29 is 38.1 Å². The van der Waals surface area contributed by atoms with Crippen LogP contribution in [-0.2, 0) is 27.9 Å². The van der Waals surface area contributed by atoms with Crippen molar-refractivity contribution in [1.29, 1.82) is 0 Å². The molecule has 0 radical (unpaired) electrons. The van der Waals surface area contributed by atoms with Crippen LogP contribution in [0, 0.1) is 11.8 Å². The lowest BCUT2D eigenvalue weighted by Crippen LogP contribution is -2.45. The fourth-order valence-electron chi connectivity index (χ4n) is 4.48. The van der Waals surface area contributed by atoms with Gasteiger partial charge in [0.25, 0.3) is 0 Å². The third-order valence-corrected chi connectivity index (χ3v) is 13.3. The van der Waals surface area contributed by atoms with Crippen LogP contribution < -0.4 is 0 Å². The molecule has 0 saturated heterocycles. The molecule has 1 heterocycles. The summed E-state index contributed by atoms with van der Waals surface area (Å²) in [5.41, 5.74) is 0.973. The van der Waals surface area contributed by atoms with Crippen molar-refractivity contribution in [2.75, 3.05) is 13.7 Å². The molecule has 2 N–H and O–H groups in total. The molecule has 0 aliphatic carbocycles. The minimum absolute atomic E-state index is 0.0806. The van der Waals surface area contributed by atoms with E-state index in [-0.39, 0.29) is 29.1 Å². The highest BCUT2D eigenvalue weighted by Gasteiger charge is 2.39. The first-order valence-corrected chi connectivity index (χ1v) is 20.8. The molecule has 0 bridgehead atoms. The Kier molecular flexibility index (Phi) is 13.4. The summed E-state index contributed by atoms with van der Waals surface area (Å²) in [5, 5.41) is 22.2. The highest BCUT2D eigenvalue weighted by atomic mass is 28.4. The van der Waals surface area contributed by atoms with Gasteiger partial charge in [-0.15, -0.1) is 0 Å². The maximum atomic E-state index is 12.1. The number of cyclic esters (lactones) is 1. The summed E-state index contributed by atoms with van der Waals surface area (Å²) in [5.74, 6) is -1.54. The normalized spacial score (nSPS) is 21.4. The first-order valence-electron chi connectivity index (χ1n) is 14.5. The summed E-state index contributed by atoms with van der Waals surface area (Å²) in [6.45, 7) is 26.8. The predicted octanol–water partition coefficient (Wildman–Crippen LogP) is 6.16. The number of esters is 1. The van der Waals surface area contributed by atoms with Crippen molar-refractivity contribution in [3.63, 3.8) is 0 Å². The number of ether oxygens (including phenoxy) is 3. The summed E-state index contributed by atoms with van der Waals surface area (Å²) >= 11 is 0. The molecule has 0 amide bonds. The molecule has 6 atom stereocenters. The van der Waals surface area contributed by atoms with Crippen molar-refractivity contribution in [3.8, 4) is 0 Å². The molecule has 1 aliphatic heterocycles. The van der Waals surface area contributed by atoms with Crippen molar-refractivity contribution in [1.82, 2.24) is 0 Å². The van der Waals surface area contributed by atoms with Crippen LogP contribution in [0.4, 0.5) is 0 Å². The standard InChI is InChI=1S/C30H58O8Si2/c1-20(15-23(31)19-35-40(13,14)29(4,5)6)16-25(34-9)21(2)28(33)22(3)26(38-39(10,11)12)17-24-18-27(32)37-30(7,8)36-24/h16,18,21-23,25-26,28,31,33H,15,17,19H2,1-14H3/b20-16+/t21-,22-,23+,25-,26+,28+/m1/s1. The van der Waals surface area contributed by atoms with Gasteiger partial charge in [0.15, 0.2) is 16.6 Å². The van der Waals surface area contributed by atoms with Crippen LogP contribution in [0.25, 0.3) is 0 Å². The molecule has 0 spiro atoms. The Balaban J connectivity index is 2.98. The molecule has 40 heavy (non-hydrogen) atoms. The molecular formula is C30H58O8Si2. The van der Waals surface area contributed by atoms with Gasteiger partial charge in [-0.25, -0.2) is 4.79 Å². The van der Waals surface area contributed by atoms with Crippen molar-refractivity contribution >= 4 is 22.6 Å². The van der Waals surface area contributed by atoms with Gasteiger partial charge in [-0.1, -0.05) is 46.3 Å². The fraction of sp³-hybridized carbons (Fsp3) is 0.833. The number of methoxy groups -OCH3 is 1. The lowest BCUT2D eigenvalue weighted by molar-refractivity contribution is -0.207. The number of hydrogen-bond acceptors (Lipinski definition) is 8. The monoisotopic (exact) mass is 602 g/mol. The van der Waals surface area contributed by atoms with Gasteiger partial charge < -0.3 is 33.3 Å². The first kappa shape index (κ1) is 37.0. The van der Waals surface area contributed by atoms with Crippen LogP contribution in [0.2, 0.25) is 37.8 Å². The zero-order valence-corrected chi connectivity index (χ0v) is 29.6. The van der Waals surface area contributed by atoms with E-state index in [2.05, 4.69) is 53.5 Å². The minimum Gasteiger partial charge on any atom is -0.457 e. The zero-order valence-electron chi connectivity index (χ0n) is 27.6. The van der Waals surface area contributed by atoms with E-state index in [9.17, 15) is 15.0 Å². The Morgan fingerprint density at radius 3 is 2.12 bits per heavy atom. The molecule has 0 aromatic rings. The van der Waals surface area contributed by atoms with E-state index in [0.717, 1.165) is 5.57 Å². The third kappa shape index (κ3) is 12.1. The largest absolute Gasteiger partial charge is 0.457 e. The average Bonchev–Trinajstić information content (AvgIpc) is 2.76. The molecule has 1 aliphatic rings. The van der Waals surface area contributed by atoms with Crippen LogP contribution in [0.5, 0.6) is 0 Å². The van der Waals surface area contributed by atoms with Crippen LogP contribution in [-0.4, -0.2) is 76.7 Å². The number of hydrogen-bond donors (Lipinski definition) is 2. The number of carbonyl (C=O) groups excluding carboxylic acids is 1. The van der Waals surface area contributed by atoms with Crippen molar-refractivity contribution in [2.45, 2.75) is 136 Å². The number of rotatable bonds is 15. The Hall–Kier alpha value is -1.02. The van der Waals surface area contributed by atoms with Crippen LogP contribution in [0.1, 0.15) is 68.2 Å². The molecule has 0 aromatic carbocycles. The van der Waals surface area contributed by atoms with E-state index in [4.69, 9.17) is 23.1 Å². The molecular weight excluding hydrogens is 544 g/mol. The third-order valence-electron chi connectivity index (χ3n) is 7.81. The second-order valence-electron chi connectivity index (χ2n) is 14.4. The maximum Gasteiger partial charge on any atom is 0.337 e. The summed E-state index contributed by atoms with van der Waals surface area (Å²) in [6, 6.07) is 0. The lowest BCUT2D eigenvalue weighted by atomic mass is 9.84. The number of carbonyl (C=O) groups is 1. The van der Waals surface area contributed by atoms with Crippen molar-refractivity contribution in [3.05, 3.63) is 23.5 Å². The first-order chi connectivity index (χ1) is 18.0. The Bertz CT molecular complexity index is 885. The van der Waals surface area contributed by atoms with E-state index in [1.54, 1.807) is 21.0 Å². The molecule has 0 saturated carbocycles. The zero-order chi connectivity index (χ0) is 31.3. The highest BCUT2D eigenvalue weighted by molar-refractivity contribution is 6.74. The van der Waals surface area contributed by atoms with E-state index < -0.39 is 40.6 Å². The fourth-order valence-corrected chi connectivity index (χ4v) is 6.73. The van der Waals surface area contributed by atoms with Gasteiger partial charge in [0.1, 0.15) is 5.76 Å². The van der Waals surface area contributed by atoms with Gasteiger partial charge in [0, 0.05) is 39.2 Å². The average molecular weight is 603 g/mol. The lowest BCUT2D eigenvalue weighted by Gasteiger charge is -2.38. The van der Waals surface area contributed by atoms with Gasteiger partial charge in [-0.2, -0.15) is 0 Å². The SMILES string of the molecule is CO[C@H](/C=C(\C)C[C@H](O)CO[Si](C)(C)C(C)(C)C)[C@@H](C)[C@H](O)[C@H](C)[C@H](CC1=CC(=O)OC(C)(C)O1)O[Si](C)(C)C. The van der Waals surface area contributed by atoms with E-state index in [1.165, 1.54) is 6.08 Å². The van der Waals surface area contributed by atoms with Crippen LogP contribution in [0.15, 0.2) is 23.5 Å². The van der Waals surface area contributed by atoms with E-state index in [0.29, 0.717) is 25.2 Å². The molecule has 0 aromatic heterocycles. The predicted molar refractivity (Wildman–Crippen MR) is 165 cm³/mol. The summed E-state index contributed by atoms with van der Waals surface area (Å²) in [4.78, 5) is 12.1. The van der Waals surface area contributed by atoms with Gasteiger partial charge >= 0.3 is 5.97 Å². The summed E-state index contributed by atoms with van der Waals surface area (Å²) < 4.78 is 29.6.